The lowest BCUT2D eigenvalue weighted by atomic mass is 10.1. The number of aromatic nitrogens is 3. The van der Waals surface area contributed by atoms with Gasteiger partial charge in [0.2, 0.25) is 0 Å². The Morgan fingerprint density at radius 3 is 2.53 bits per heavy atom. The van der Waals surface area contributed by atoms with Crippen LogP contribution in [-0.4, -0.2) is 10.1 Å². The van der Waals surface area contributed by atoms with E-state index in [1.54, 1.807) is 11.3 Å². The minimum atomic E-state index is 0.980. The van der Waals surface area contributed by atoms with E-state index < -0.39 is 0 Å². The first-order chi connectivity index (χ1) is 7.17. The molecule has 15 heavy (non-hydrogen) atoms. The molecule has 0 radical (unpaired) electrons. The predicted octanol–water partition coefficient (Wildman–Crippen LogP) is 2.02. The van der Waals surface area contributed by atoms with Crippen LogP contribution >= 0.6 is 11.3 Å². The Morgan fingerprint density at radius 2 is 1.93 bits per heavy atom. The van der Waals surface area contributed by atoms with Gasteiger partial charge in [0.05, 0.1) is 0 Å². The quantitative estimate of drug-likeness (QED) is 0.728. The Morgan fingerprint density at radius 1 is 1.20 bits per heavy atom. The smallest absolute Gasteiger partial charge is 0.0877 e. The van der Waals surface area contributed by atoms with Crippen molar-refractivity contribution in [2.24, 2.45) is 0 Å². The van der Waals surface area contributed by atoms with Crippen LogP contribution in [-0.2, 0) is 12.8 Å². The summed E-state index contributed by atoms with van der Waals surface area (Å²) in [4.78, 5) is 5.61. The van der Waals surface area contributed by atoms with Crippen molar-refractivity contribution in [2.45, 2.75) is 40.5 Å². The molecule has 0 aliphatic carbocycles. The lowest BCUT2D eigenvalue weighted by Gasteiger charge is -1.98. The van der Waals surface area contributed by atoms with Crippen LogP contribution < -0.4 is 4.52 Å². The van der Waals surface area contributed by atoms with Gasteiger partial charge < -0.3 is 0 Å². The highest BCUT2D eigenvalue weighted by atomic mass is 32.1. The van der Waals surface area contributed by atoms with E-state index in [-0.39, 0.29) is 0 Å². The van der Waals surface area contributed by atoms with Crippen LogP contribution in [0, 0.1) is 13.8 Å². The zero-order valence-electron chi connectivity index (χ0n) is 9.66. The lowest BCUT2D eigenvalue weighted by Crippen LogP contribution is -2.30. The maximum atomic E-state index is 4.59. The molecule has 0 aliphatic heterocycles. The summed E-state index contributed by atoms with van der Waals surface area (Å²) in [6, 6.07) is 0. The number of hydrogen-bond acceptors (Lipinski definition) is 3. The molecule has 0 fully saturated rings. The van der Waals surface area contributed by atoms with Gasteiger partial charge in [-0.1, -0.05) is 23.5 Å². The van der Waals surface area contributed by atoms with Gasteiger partial charge in [0.15, 0.2) is 5.69 Å². The third-order valence-electron chi connectivity index (χ3n) is 2.71. The minimum Gasteiger partial charge on any atom is -0.0877 e. The van der Waals surface area contributed by atoms with Crippen LogP contribution in [0.3, 0.4) is 0 Å². The maximum Gasteiger partial charge on any atom is 0.410 e. The fourth-order valence-corrected chi connectivity index (χ4v) is 2.79. The SMILES string of the molecule is CCc1n[n+]2c(C)c(CC)c(C)nc2s1. The Balaban J connectivity index is 2.76. The topological polar surface area (TPSA) is 29.9 Å². The molecule has 0 unspecified atom stereocenters. The number of fused-ring (bicyclic) bond motifs is 1. The van der Waals surface area contributed by atoms with Gasteiger partial charge in [-0.2, -0.15) is 0 Å². The fraction of sp³-hybridized carbons (Fsp3) is 0.545. The van der Waals surface area contributed by atoms with Crippen LogP contribution in [0.4, 0.5) is 0 Å². The number of aryl methyl sites for hydroxylation is 3. The van der Waals surface area contributed by atoms with E-state index in [1.807, 2.05) is 4.52 Å². The first-order valence-electron chi connectivity index (χ1n) is 5.35. The lowest BCUT2D eigenvalue weighted by molar-refractivity contribution is -0.586. The largest absolute Gasteiger partial charge is 0.410 e. The van der Waals surface area contributed by atoms with Gasteiger partial charge in [-0.25, -0.2) is 0 Å². The van der Waals surface area contributed by atoms with Crippen LogP contribution in [0.15, 0.2) is 0 Å². The molecule has 2 rings (SSSR count). The second kappa shape index (κ2) is 3.85. The Bertz CT molecular complexity index is 502. The van der Waals surface area contributed by atoms with E-state index in [0.717, 1.165) is 28.5 Å². The molecule has 2 heterocycles. The molecule has 0 bridgehead atoms. The van der Waals surface area contributed by atoms with Crippen molar-refractivity contribution < 1.29 is 4.52 Å². The molecular formula is C11H16N3S+. The summed E-state index contributed by atoms with van der Waals surface area (Å²) in [7, 11) is 0. The van der Waals surface area contributed by atoms with E-state index in [1.165, 1.54) is 11.3 Å². The molecule has 0 spiro atoms. The summed E-state index contributed by atoms with van der Waals surface area (Å²) in [6.07, 6.45) is 2.00. The molecule has 0 saturated heterocycles. The van der Waals surface area contributed by atoms with Crippen LogP contribution in [0.1, 0.15) is 35.8 Å². The van der Waals surface area contributed by atoms with E-state index in [9.17, 15) is 0 Å². The number of nitrogens with zero attached hydrogens (tertiary/aromatic N) is 3. The summed E-state index contributed by atoms with van der Waals surface area (Å²) >= 11 is 1.69. The predicted molar refractivity (Wildman–Crippen MR) is 61.3 cm³/mol. The Kier molecular flexibility index (Phi) is 2.69. The van der Waals surface area contributed by atoms with Crippen molar-refractivity contribution in [2.75, 3.05) is 0 Å². The van der Waals surface area contributed by atoms with E-state index >= 15 is 0 Å². The van der Waals surface area contributed by atoms with Crippen molar-refractivity contribution in [3.63, 3.8) is 0 Å². The zero-order valence-corrected chi connectivity index (χ0v) is 10.5. The summed E-state index contributed by atoms with van der Waals surface area (Å²) in [5, 5.41) is 5.70. The molecule has 2 aromatic heterocycles. The van der Waals surface area contributed by atoms with Crippen molar-refractivity contribution in [1.29, 1.82) is 0 Å². The number of rotatable bonds is 2. The van der Waals surface area contributed by atoms with Gasteiger partial charge in [0.25, 0.3) is 0 Å². The van der Waals surface area contributed by atoms with E-state index in [0.29, 0.717) is 0 Å². The average molecular weight is 222 g/mol. The molecule has 4 heteroatoms. The highest BCUT2D eigenvalue weighted by Gasteiger charge is 2.19. The molecule has 0 aliphatic rings. The summed E-state index contributed by atoms with van der Waals surface area (Å²) in [5.41, 5.74) is 3.69. The minimum absolute atomic E-state index is 0.980. The van der Waals surface area contributed by atoms with Crippen molar-refractivity contribution >= 4 is 16.3 Å². The van der Waals surface area contributed by atoms with Gasteiger partial charge in [0.1, 0.15) is 10.7 Å². The van der Waals surface area contributed by atoms with Gasteiger partial charge >= 0.3 is 4.96 Å². The molecule has 0 aromatic carbocycles. The van der Waals surface area contributed by atoms with Gasteiger partial charge in [-0.15, -0.1) is 0 Å². The van der Waals surface area contributed by atoms with Crippen molar-refractivity contribution in [3.8, 4) is 0 Å². The summed E-state index contributed by atoms with van der Waals surface area (Å²) < 4.78 is 1.98. The Hall–Kier alpha value is -1.03. The normalized spacial score (nSPS) is 11.2. The third kappa shape index (κ3) is 1.63. The highest BCUT2D eigenvalue weighted by molar-refractivity contribution is 7.16. The Labute approximate surface area is 93.8 Å². The van der Waals surface area contributed by atoms with Crippen molar-refractivity contribution in [1.82, 2.24) is 10.1 Å². The summed E-state index contributed by atoms with van der Waals surface area (Å²) in [5.74, 6) is 0. The highest BCUT2D eigenvalue weighted by Crippen LogP contribution is 2.14. The molecule has 0 atom stereocenters. The fourth-order valence-electron chi connectivity index (χ4n) is 1.87. The van der Waals surface area contributed by atoms with E-state index in [4.69, 9.17) is 0 Å². The molecule has 0 N–H and O–H groups in total. The first-order valence-corrected chi connectivity index (χ1v) is 6.16. The van der Waals surface area contributed by atoms with Gasteiger partial charge in [-0.05, 0) is 22.7 Å². The van der Waals surface area contributed by atoms with Crippen LogP contribution in [0.5, 0.6) is 0 Å². The summed E-state index contributed by atoms with van der Waals surface area (Å²) in [6.45, 7) is 8.49. The van der Waals surface area contributed by atoms with Crippen LogP contribution in [0.25, 0.3) is 4.96 Å². The molecule has 0 saturated carbocycles. The van der Waals surface area contributed by atoms with Gasteiger partial charge in [-0.3, -0.25) is 0 Å². The third-order valence-corrected chi connectivity index (χ3v) is 3.77. The monoisotopic (exact) mass is 222 g/mol. The second-order valence-corrected chi connectivity index (χ2v) is 4.70. The zero-order chi connectivity index (χ0) is 11.0. The second-order valence-electron chi connectivity index (χ2n) is 3.66. The molecular weight excluding hydrogens is 206 g/mol. The number of hydrogen-bond donors (Lipinski definition) is 0. The average Bonchev–Trinajstić information content (AvgIpc) is 2.61. The van der Waals surface area contributed by atoms with Gasteiger partial charge in [0, 0.05) is 25.8 Å². The standard InChI is InChI=1S/C11H16N3S/c1-5-9-7(3)12-11-14(8(9)4)13-10(6-2)15-11/h5-6H2,1-4H3/q+1. The van der Waals surface area contributed by atoms with Crippen molar-refractivity contribution in [3.05, 3.63) is 22.0 Å². The van der Waals surface area contributed by atoms with Crippen LogP contribution in [0.2, 0.25) is 0 Å². The first kappa shape index (κ1) is 10.5. The molecule has 3 nitrogen and oxygen atoms in total. The molecule has 0 amide bonds. The van der Waals surface area contributed by atoms with E-state index in [2.05, 4.69) is 37.8 Å². The maximum absolute atomic E-state index is 4.59. The molecule has 2 aromatic rings. The molecule has 80 valence electrons.